The second-order valence-electron chi connectivity index (χ2n) is 4.65. The van der Waals surface area contributed by atoms with Crippen LogP contribution in [0.1, 0.15) is 21.5 Å². The lowest BCUT2D eigenvalue weighted by Gasteiger charge is -2.15. The molecule has 3 rings (SSSR count). The average molecular weight is 404 g/mol. The van der Waals surface area contributed by atoms with Crippen molar-refractivity contribution in [1.29, 1.82) is 0 Å². The summed E-state index contributed by atoms with van der Waals surface area (Å²) in [6, 6.07) is 7.44. The Labute approximate surface area is 132 Å². The molecule has 0 saturated heterocycles. The van der Waals surface area contributed by atoms with Gasteiger partial charge in [0.15, 0.2) is 0 Å². The number of halogens is 4. The molecule has 1 heterocycles. The summed E-state index contributed by atoms with van der Waals surface area (Å²) in [7, 11) is 0. The maximum atomic E-state index is 13.4. The molecule has 0 fully saturated rings. The zero-order valence-corrected chi connectivity index (χ0v) is 13.5. The molecule has 0 saturated carbocycles. The van der Waals surface area contributed by atoms with Crippen LogP contribution in [-0.2, 0) is 6.42 Å². The molecule has 20 heavy (non-hydrogen) atoms. The van der Waals surface area contributed by atoms with Crippen molar-refractivity contribution in [3.8, 4) is 5.75 Å². The normalized spacial score (nSPS) is 14.8. The van der Waals surface area contributed by atoms with Crippen LogP contribution in [0.5, 0.6) is 5.75 Å². The monoisotopic (exact) mass is 402 g/mol. The first-order chi connectivity index (χ1) is 9.54. The number of hydrogen-bond donors (Lipinski definition) is 0. The van der Waals surface area contributed by atoms with Gasteiger partial charge in [-0.2, -0.15) is 0 Å². The lowest BCUT2D eigenvalue weighted by Crippen LogP contribution is -1.98. The highest BCUT2D eigenvalue weighted by Crippen LogP contribution is 2.42. The van der Waals surface area contributed by atoms with E-state index in [2.05, 4.69) is 31.9 Å². The smallest absolute Gasteiger partial charge is 0.127 e. The van der Waals surface area contributed by atoms with E-state index >= 15 is 0 Å². The van der Waals surface area contributed by atoms with Crippen LogP contribution in [0.2, 0.25) is 0 Å². The van der Waals surface area contributed by atoms with Gasteiger partial charge in [0.1, 0.15) is 17.4 Å². The van der Waals surface area contributed by atoms with Gasteiger partial charge in [0.25, 0.3) is 0 Å². The van der Waals surface area contributed by atoms with Crippen molar-refractivity contribution in [2.75, 3.05) is 6.61 Å². The molecule has 0 aromatic heterocycles. The first-order valence-electron chi connectivity index (χ1n) is 6.10. The Hall–Kier alpha value is -0.940. The van der Waals surface area contributed by atoms with E-state index in [1.165, 1.54) is 12.1 Å². The minimum absolute atomic E-state index is 0.322. The summed E-state index contributed by atoms with van der Waals surface area (Å²) in [4.78, 5) is -0.322. The summed E-state index contributed by atoms with van der Waals surface area (Å²) < 4.78 is 33.3. The van der Waals surface area contributed by atoms with Crippen molar-refractivity contribution < 1.29 is 13.5 Å². The Morgan fingerprint density at radius 1 is 1.05 bits per heavy atom. The van der Waals surface area contributed by atoms with Crippen LogP contribution < -0.4 is 4.74 Å². The zero-order chi connectivity index (χ0) is 14.3. The highest BCUT2D eigenvalue weighted by atomic mass is 79.9. The van der Waals surface area contributed by atoms with Gasteiger partial charge in [-0.15, -0.1) is 0 Å². The molecule has 2 aromatic carbocycles. The van der Waals surface area contributed by atoms with Gasteiger partial charge < -0.3 is 4.74 Å². The molecule has 1 aliphatic heterocycles. The molecule has 0 amide bonds. The van der Waals surface area contributed by atoms with E-state index in [4.69, 9.17) is 4.74 Å². The maximum absolute atomic E-state index is 13.4. The molecule has 1 unspecified atom stereocenters. The molecule has 1 nitrogen and oxygen atoms in total. The Morgan fingerprint density at radius 3 is 2.45 bits per heavy atom. The number of benzene rings is 2. The molecule has 1 aliphatic rings. The van der Waals surface area contributed by atoms with Crippen LogP contribution in [0, 0.1) is 11.6 Å². The molecule has 0 radical (unpaired) electrons. The minimum atomic E-state index is -0.586. The predicted octanol–water partition coefficient (Wildman–Crippen LogP) is 5.15. The second-order valence-corrected chi connectivity index (χ2v) is 6.48. The molecule has 0 bridgehead atoms. The molecule has 0 spiro atoms. The van der Waals surface area contributed by atoms with Crippen molar-refractivity contribution in [2.45, 2.75) is 11.2 Å². The largest absolute Gasteiger partial charge is 0.493 e. The predicted molar refractivity (Wildman–Crippen MR) is 80.5 cm³/mol. The lowest BCUT2D eigenvalue weighted by atomic mass is 10.0. The quantitative estimate of drug-likeness (QED) is 0.630. The SMILES string of the molecule is Fc1cc(F)cc(C(Br)c2cc(Br)cc3c2OCC3)c1. The number of ether oxygens (including phenoxy) is 1. The minimum Gasteiger partial charge on any atom is -0.493 e. The Morgan fingerprint density at radius 2 is 1.75 bits per heavy atom. The summed E-state index contributed by atoms with van der Waals surface area (Å²) >= 11 is 6.98. The van der Waals surface area contributed by atoms with Gasteiger partial charge in [-0.3, -0.25) is 0 Å². The Kier molecular flexibility index (Phi) is 3.82. The van der Waals surface area contributed by atoms with E-state index in [0.717, 1.165) is 33.8 Å². The van der Waals surface area contributed by atoms with Crippen LogP contribution in [0.25, 0.3) is 0 Å². The highest BCUT2D eigenvalue weighted by Gasteiger charge is 2.23. The van der Waals surface area contributed by atoms with Crippen LogP contribution >= 0.6 is 31.9 Å². The number of alkyl halides is 1. The fourth-order valence-electron chi connectivity index (χ4n) is 2.39. The third kappa shape index (κ3) is 2.61. The first kappa shape index (κ1) is 14.0. The second kappa shape index (κ2) is 5.45. The molecule has 0 N–H and O–H groups in total. The van der Waals surface area contributed by atoms with Gasteiger partial charge in [0, 0.05) is 22.5 Å². The summed E-state index contributed by atoms with van der Waals surface area (Å²) in [5, 5.41) is 0. The molecule has 1 atom stereocenters. The van der Waals surface area contributed by atoms with E-state index in [-0.39, 0.29) is 4.83 Å². The van der Waals surface area contributed by atoms with Gasteiger partial charge in [-0.05, 0) is 35.4 Å². The third-order valence-corrected chi connectivity index (χ3v) is 4.71. The highest BCUT2D eigenvalue weighted by molar-refractivity contribution is 9.10. The van der Waals surface area contributed by atoms with E-state index < -0.39 is 11.6 Å². The standard InChI is InChI=1S/C15H10Br2F2O/c16-10-3-8-1-2-20-15(8)13(6-10)14(17)9-4-11(18)7-12(19)5-9/h3-7,14H,1-2H2. The van der Waals surface area contributed by atoms with E-state index in [9.17, 15) is 8.78 Å². The van der Waals surface area contributed by atoms with Gasteiger partial charge >= 0.3 is 0 Å². The van der Waals surface area contributed by atoms with Gasteiger partial charge in [-0.1, -0.05) is 31.9 Å². The Balaban J connectivity index is 2.08. The van der Waals surface area contributed by atoms with Gasteiger partial charge in [0.2, 0.25) is 0 Å². The van der Waals surface area contributed by atoms with Crippen LogP contribution in [-0.4, -0.2) is 6.61 Å². The van der Waals surface area contributed by atoms with E-state index in [1.54, 1.807) is 0 Å². The lowest BCUT2D eigenvalue weighted by molar-refractivity contribution is 0.354. The number of hydrogen-bond acceptors (Lipinski definition) is 1. The van der Waals surface area contributed by atoms with Crippen molar-refractivity contribution in [2.24, 2.45) is 0 Å². The summed E-state index contributed by atoms with van der Waals surface area (Å²) in [6.07, 6.45) is 0.846. The number of rotatable bonds is 2. The fraction of sp³-hybridized carbons (Fsp3) is 0.200. The zero-order valence-electron chi connectivity index (χ0n) is 10.3. The molecular weight excluding hydrogens is 394 g/mol. The Bertz CT molecular complexity index is 653. The molecular formula is C15H10Br2F2O. The van der Waals surface area contributed by atoms with Crippen molar-refractivity contribution in [3.05, 3.63) is 63.1 Å². The molecule has 5 heteroatoms. The van der Waals surface area contributed by atoms with Gasteiger partial charge in [0.05, 0.1) is 11.4 Å². The number of fused-ring (bicyclic) bond motifs is 1. The average Bonchev–Trinajstić information content (AvgIpc) is 2.83. The van der Waals surface area contributed by atoms with E-state index in [1.807, 2.05) is 12.1 Å². The molecule has 2 aromatic rings. The third-order valence-electron chi connectivity index (χ3n) is 3.23. The van der Waals surface area contributed by atoms with Crippen LogP contribution in [0.4, 0.5) is 8.78 Å². The van der Waals surface area contributed by atoms with Crippen LogP contribution in [0.3, 0.4) is 0 Å². The fourth-order valence-corrected chi connectivity index (χ4v) is 3.51. The van der Waals surface area contributed by atoms with Gasteiger partial charge in [-0.25, -0.2) is 8.78 Å². The maximum Gasteiger partial charge on any atom is 0.127 e. The molecule has 104 valence electrons. The van der Waals surface area contributed by atoms with Crippen LogP contribution in [0.15, 0.2) is 34.8 Å². The topological polar surface area (TPSA) is 9.23 Å². The summed E-state index contributed by atoms with van der Waals surface area (Å²) in [5.41, 5.74) is 2.51. The summed E-state index contributed by atoms with van der Waals surface area (Å²) in [5.74, 6) is -0.367. The first-order valence-corrected chi connectivity index (χ1v) is 7.80. The van der Waals surface area contributed by atoms with E-state index in [0.29, 0.717) is 12.2 Å². The summed E-state index contributed by atoms with van der Waals surface area (Å²) in [6.45, 7) is 0.635. The van der Waals surface area contributed by atoms with Crippen molar-refractivity contribution in [3.63, 3.8) is 0 Å². The van der Waals surface area contributed by atoms with Crippen molar-refractivity contribution >= 4 is 31.9 Å². The molecule has 0 aliphatic carbocycles. The van der Waals surface area contributed by atoms with Crippen molar-refractivity contribution in [1.82, 2.24) is 0 Å².